The molecule has 6 heavy (non-hydrogen) atoms. The first-order chi connectivity index (χ1) is 2.89. The van der Waals surface area contributed by atoms with Crippen molar-refractivity contribution in [2.24, 2.45) is 0 Å². The molecule has 1 aromatic rings. The molecule has 0 nitrogen and oxygen atoms in total. The molecule has 0 aromatic carbocycles. The summed E-state index contributed by atoms with van der Waals surface area (Å²) >= 11 is 6.11. The molecular weight excluding hydrogens is 139 g/mol. The Morgan fingerprint density at radius 2 is 2.50 bits per heavy atom. The van der Waals surface area contributed by atoms with Gasteiger partial charge in [0.15, 0.2) is 0 Å². The molecule has 0 saturated carbocycles. The predicted octanol–water partition coefficient (Wildman–Crippen LogP) is 0.920. The van der Waals surface area contributed by atoms with Gasteiger partial charge < -0.3 is 0 Å². The fourth-order valence-electron chi connectivity index (χ4n) is 0.248. The van der Waals surface area contributed by atoms with E-state index in [4.69, 9.17) is 0 Å². The molecule has 0 aliphatic heterocycles. The molecule has 1 heterocycles. The maximum absolute atomic E-state index is 4.50. The molecule has 1 aromatic heterocycles. The van der Waals surface area contributed by atoms with E-state index in [1.54, 1.807) is 11.3 Å². The summed E-state index contributed by atoms with van der Waals surface area (Å²) in [6, 6.07) is 3.90. The van der Waals surface area contributed by atoms with Gasteiger partial charge in [-0.05, 0) is 0 Å². The minimum absolute atomic E-state index is 1.01. The molecule has 0 unspecified atom stereocenters. The molecule has 0 atom stereocenters. The fourth-order valence-corrected chi connectivity index (χ4v) is 0.981. The van der Waals surface area contributed by atoms with E-state index in [1.165, 1.54) is 0 Å². The van der Waals surface area contributed by atoms with Gasteiger partial charge in [0.05, 0.1) is 0 Å². The molecule has 0 saturated heterocycles. The molecule has 0 aliphatic rings. The second-order valence-electron chi connectivity index (χ2n) is 0.887. The first-order valence-corrected chi connectivity index (χ1v) is 2.93. The average Bonchev–Trinajstić information content (AvgIpc) is 1.86. The summed E-state index contributed by atoms with van der Waals surface area (Å²) in [4.78, 5) is 0. The van der Waals surface area contributed by atoms with E-state index in [0.717, 1.165) is 3.85 Å². The molecule has 1 rings (SSSR count). The van der Waals surface area contributed by atoms with E-state index in [1.807, 2.05) is 17.5 Å². The van der Waals surface area contributed by atoms with Crippen LogP contribution in [0.1, 0.15) is 0 Å². The Hall–Kier alpha value is 0.194. The average molecular weight is 142 g/mol. The van der Waals surface area contributed by atoms with Gasteiger partial charge >= 0.3 is 48.2 Å². The normalized spacial score (nSPS) is 9.00. The zero-order valence-corrected chi connectivity index (χ0v) is 4.76. The van der Waals surface area contributed by atoms with Gasteiger partial charge in [-0.15, -0.1) is 0 Å². The van der Waals surface area contributed by atoms with Gasteiger partial charge in [-0.25, -0.2) is 0 Å². The van der Waals surface area contributed by atoms with Crippen molar-refractivity contribution >= 4 is 15.2 Å². The fraction of sp³-hybridized carbons (Fsp3) is 0. The Labute approximate surface area is 48.6 Å². The first-order valence-electron chi connectivity index (χ1n) is 1.55. The Kier molecular flexibility index (Phi) is 1.28. The van der Waals surface area contributed by atoms with Crippen LogP contribution >= 0.6 is 11.3 Å². The minimum atomic E-state index is 1.01. The second-order valence-corrected chi connectivity index (χ2v) is 2.65. The van der Waals surface area contributed by atoms with Gasteiger partial charge in [0.25, 0.3) is 0 Å². The van der Waals surface area contributed by atoms with Gasteiger partial charge in [0.2, 0.25) is 0 Å². The molecule has 0 amide bonds. The van der Waals surface area contributed by atoms with Gasteiger partial charge in [0, 0.05) is 0 Å². The van der Waals surface area contributed by atoms with E-state index in [9.17, 15) is 0 Å². The quantitative estimate of drug-likeness (QED) is 0.472. The van der Waals surface area contributed by atoms with Gasteiger partial charge in [-0.3, -0.25) is 0 Å². The standard InChI is InChI=1S/C4H3S.Ni/c1-2-4-5-3-1;/h1-3H;. The summed E-state index contributed by atoms with van der Waals surface area (Å²) in [6.45, 7) is 0. The summed E-state index contributed by atoms with van der Waals surface area (Å²) in [7, 11) is 0. The SMILES string of the molecule is [Ni][c]1cccs1. The van der Waals surface area contributed by atoms with Crippen molar-refractivity contribution in [3.63, 3.8) is 0 Å². The molecule has 0 N–H and O–H groups in total. The third-order valence-corrected chi connectivity index (χ3v) is 1.62. The van der Waals surface area contributed by atoms with E-state index in [0.29, 0.717) is 0 Å². The molecule has 0 aliphatic carbocycles. The number of hydrogen-bond donors (Lipinski definition) is 0. The van der Waals surface area contributed by atoms with Crippen LogP contribution in [0.4, 0.5) is 0 Å². The summed E-state index contributed by atoms with van der Waals surface area (Å²) < 4.78 is 1.01. The summed E-state index contributed by atoms with van der Waals surface area (Å²) in [5.41, 5.74) is 0. The van der Waals surface area contributed by atoms with Crippen molar-refractivity contribution in [2.75, 3.05) is 0 Å². The van der Waals surface area contributed by atoms with Crippen molar-refractivity contribution in [1.82, 2.24) is 0 Å². The van der Waals surface area contributed by atoms with Crippen LogP contribution in [-0.2, 0) is 15.5 Å². The van der Waals surface area contributed by atoms with Crippen molar-refractivity contribution < 1.29 is 15.5 Å². The van der Waals surface area contributed by atoms with Crippen molar-refractivity contribution in [2.45, 2.75) is 0 Å². The van der Waals surface area contributed by atoms with E-state index in [2.05, 4.69) is 15.5 Å². The number of hydrogen-bond acceptors (Lipinski definition) is 1. The zero-order valence-electron chi connectivity index (χ0n) is 2.96. The molecular formula is C4H3NiS. The van der Waals surface area contributed by atoms with E-state index < -0.39 is 0 Å². The van der Waals surface area contributed by atoms with E-state index >= 15 is 0 Å². The third-order valence-electron chi connectivity index (χ3n) is 0.469. The molecule has 0 spiro atoms. The van der Waals surface area contributed by atoms with Crippen LogP contribution in [0.3, 0.4) is 0 Å². The second kappa shape index (κ2) is 1.76. The van der Waals surface area contributed by atoms with Gasteiger partial charge in [-0.2, -0.15) is 0 Å². The van der Waals surface area contributed by atoms with Crippen LogP contribution in [0.15, 0.2) is 17.5 Å². The summed E-state index contributed by atoms with van der Waals surface area (Å²) in [5.74, 6) is 0. The van der Waals surface area contributed by atoms with Crippen molar-refractivity contribution in [1.29, 1.82) is 0 Å². The van der Waals surface area contributed by atoms with Gasteiger partial charge in [0.1, 0.15) is 0 Å². The van der Waals surface area contributed by atoms with Crippen molar-refractivity contribution in [3.05, 3.63) is 17.5 Å². The molecule has 0 bridgehead atoms. The van der Waals surface area contributed by atoms with Crippen LogP contribution in [0.2, 0.25) is 0 Å². The van der Waals surface area contributed by atoms with Crippen LogP contribution in [0, 0.1) is 0 Å². The Bertz CT molecular complexity index is 111. The molecule has 0 fully saturated rings. The van der Waals surface area contributed by atoms with Crippen LogP contribution < -0.4 is 3.85 Å². The Morgan fingerprint density at radius 3 is 2.67 bits per heavy atom. The first kappa shape index (κ1) is 4.35. The Morgan fingerprint density at radius 1 is 1.67 bits per heavy atom. The molecule has 2 heteroatoms. The number of thiophene rings is 1. The van der Waals surface area contributed by atoms with Crippen LogP contribution in [0.25, 0.3) is 0 Å². The number of rotatable bonds is 0. The van der Waals surface area contributed by atoms with Crippen LogP contribution in [-0.4, -0.2) is 0 Å². The van der Waals surface area contributed by atoms with E-state index in [-0.39, 0.29) is 0 Å². The summed E-state index contributed by atoms with van der Waals surface area (Å²) in [5, 5.41) is 1.98. The van der Waals surface area contributed by atoms with Gasteiger partial charge in [-0.1, -0.05) is 0 Å². The van der Waals surface area contributed by atoms with Crippen molar-refractivity contribution in [3.8, 4) is 0 Å². The predicted molar refractivity (Wildman–Crippen MR) is 24.0 cm³/mol. The topological polar surface area (TPSA) is 0 Å². The monoisotopic (exact) mass is 141 g/mol. The van der Waals surface area contributed by atoms with Crippen LogP contribution in [0.5, 0.6) is 0 Å². The molecule has 35 valence electrons. The Balaban J connectivity index is 3.05. The third kappa shape index (κ3) is 0.826. The zero-order chi connectivity index (χ0) is 4.41. The maximum atomic E-state index is 4.50. The molecule has 0 radical (unpaired) electrons. The summed E-state index contributed by atoms with van der Waals surface area (Å²) in [6.07, 6.45) is 0.